The van der Waals surface area contributed by atoms with Crippen LogP contribution in [0.1, 0.15) is 24.0 Å². The van der Waals surface area contributed by atoms with E-state index in [1.165, 1.54) is 0 Å². The molecular formula is C24H26Cl2N4O3. The molecule has 1 aromatic heterocycles. The van der Waals surface area contributed by atoms with Gasteiger partial charge < -0.3 is 25.4 Å². The summed E-state index contributed by atoms with van der Waals surface area (Å²) >= 11 is 12.7. The Bertz CT molecular complexity index is 1080. The molecule has 0 radical (unpaired) electrons. The second kappa shape index (κ2) is 9.14. The first-order valence-electron chi connectivity index (χ1n) is 11.2. The Morgan fingerprint density at radius 1 is 1.24 bits per heavy atom. The standard InChI is InChI=1S/C24H26Cl2N4O3/c1-13-6-18(25)23(19(26)7-13)33-16-4-5-30(12-16)21-3-2-14(9-28-21)17-8-15-10-27-11-20(29-15)22(17)24(31)32/h2-3,6-7,9,15-16,20,27,29H,4-5,8,10-12H2,1H3,(H,31,32)/t15-,16-,20-/m1/s1. The summed E-state index contributed by atoms with van der Waals surface area (Å²) in [5.74, 6) is 0.499. The minimum atomic E-state index is -0.873. The van der Waals surface area contributed by atoms with Crippen molar-refractivity contribution in [3.05, 3.63) is 57.2 Å². The Balaban J connectivity index is 1.31. The summed E-state index contributed by atoms with van der Waals surface area (Å²) in [5, 5.41) is 17.6. The Morgan fingerprint density at radius 2 is 2.03 bits per heavy atom. The molecule has 2 fully saturated rings. The summed E-state index contributed by atoms with van der Waals surface area (Å²) in [6.07, 6.45) is 3.26. The highest BCUT2D eigenvalue weighted by atomic mass is 35.5. The SMILES string of the molecule is Cc1cc(Cl)c(O[C@@H]2CCN(c3ccc(C4=C(C(=O)O)[C@H]5CNC[C@@H](C4)N5)cn3)C2)c(Cl)c1. The lowest BCUT2D eigenvalue weighted by atomic mass is 9.85. The van der Waals surface area contributed by atoms with Crippen molar-refractivity contribution in [2.24, 2.45) is 0 Å². The maximum absolute atomic E-state index is 12.0. The van der Waals surface area contributed by atoms with E-state index in [9.17, 15) is 9.90 Å². The molecule has 2 saturated heterocycles. The molecule has 2 aromatic rings. The molecule has 0 spiro atoms. The molecule has 5 rings (SSSR count). The third-order valence-electron chi connectivity index (χ3n) is 6.52. The molecule has 33 heavy (non-hydrogen) atoms. The van der Waals surface area contributed by atoms with E-state index in [1.54, 1.807) is 6.20 Å². The fourth-order valence-electron chi connectivity index (χ4n) is 4.99. The number of aliphatic carboxylic acids is 1. The minimum Gasteiger partial charge on any atom is -0.485 e. The molecule has 0 amide bonds. The van der Waals surface area contributed by atoms with Gasteiger partial charge in [-0.3, -0.25) is 0 Å². The lowest BCUT2D eigenvalue weighted by molar-refractivity contribution is -0.133. The van der Waals surface area contributed by atoms with Crippen molar-refractivity contribution >= 4 is 40.6 Å². The zero-order valence-electron chi connectivity index (χ0n) is 18.3. The zero-order chi connectivity index (χ0) is 23.1. The third kappa shape index (κ3) is 4.55. The van der Waals surface area contributed by atoms with Gasteiger partial charge in [0.25, 0.3) is 0 Å². The highest BCUT2D eigenvalue weighted by molar-refractivity contribution is 6.37. The summed E-state index contributed by atoms with van der Waals surface area (Å²) in [6.45, 7) is 4.88. The molecule has 0 saturated carbocycles. The van der Waals surface area contributed by atoms with Gasteiger partial charge in [0.1, 0.15) is 11.9 Å². The van der Waals surface area contributed by atoms with Crippen LogP contribution in [0.2, 0.25) is 10.0 Å². The molecule has 2 bridgehead atoms. The topological polar surface area (TPSA) is 86.7 Å². The predicted octanol–water partition coefficient (Wildman–Crippen LogP) is 3.53. The monoisotopic (exact) mass is 488 g/mol. The molecule has 3 N–H and O–H groups in total. The molecule has 1 aromatic carbocycles. The van der Waals surface area contributed by atoms with Crippen LogP contribution in [0, 0.1) is 6.92 Å². The second-order valence-electron chi connectivity index (χ2n) is 8.91. The smallest absolute Gasteiger partial charge is 0.333 e. The van der Waals surface area contributed by atoms with Gasteiger partial charge >= 0.3 is 5.97 Å². The first kappa shape index (κ1) is 22.5. The van der Waals surface area contributed by atoms with Crippen LogP contribution in [0.15, 0.2) is 36.0 Å². The summed E-state index contributed by atoms with van der Waals surface area (Å²) in [4.78, 5) is 18.8. The van der Waals surface area contributed by atoms with Crippen molar-refractivity contribution in [2.75, 3.05) is 31.1 Å². The number of carboxylic acids is 1. The van der Waals surface area contributed by atoms with Gasteiger partial charge in [-0.1, -0.05) is 23.2 Å². The van der Waals surface area contributed by atoms with Crippen LogP contribution in [0.3, 0.4) is 0 Å². The van der Waals surface area contributed by atoms with Gasteiger partial charge in [0, 0.05) is 38.3 Å². The number of piperazine rings is 1. The molecular weight excluding hydrogens is 463 g/mol. The number of anilines is 1. The summed E-state index contributed by atoms with van der Waals surface area (Å²) < 4.78 is 6.13. The Kier molecular flexibility index (Phi) is 6.22. The molecule has 9 heteroatoms. The first-order valence-corrected chi connectivity index (χ1v) is 11.9. The van der Waals surface area contributed by atoms with Crippen LogP contribution >= 0.6 is 23.2 Å². The number of aromatic nitrogens is 1. The van der Waals surface area contributed by atoms with Crippen LogP contribution < -0.4 is 20.3 Å². The fourth-order valence-corrected chi connectivity index (χ4v) is 5.67. The van der Waals surface area contributed by atoms with E-state index >= 15 is 0 Å². The number of pyridine rings is 1. The highest BCUT2D eigenvalue weighted by Gasteiger charge is 2.35. The molecule has 7 nitrogen and oxygen atoms in total. The Morgan fingerprint density at radius 3 is 2.73 bits per heavy atom. The maximum atomic E-state index is 12.0. The van der Waals surface area contributed by atoms with E-state index in [4.69, 9.17) is 27.9 Å². The third-order valence-corrected chi connectivity index (χ3v) is 7.08. The average Bonchev–Trinajstić information content (AvgIpc) is 3.24. The number of halogens is 2. The van der Waals surface area contributed by atoms with Crippen molar-refractivity contribution in [1.82, 2.24) is 15.6 Å². The zero-order valence-corrected chi connectivity index (χ0v) is 19.8. The number of fused-ring (bicyclic) bond motifs is 2. The number of ether oxygens (including phenoxy) is 1. The van der Waals surface area contributed by atoms with Crippen molar-refractivity contribution in [2.45, 2.75) is 38.0 Å². The van der Waals surface area contributed by atoms with E-state index < -0.39 is 5.97 Å². The quantitative estimate of drug-likeness (QED) is 0.593. The number of rotatable bonds is 5. The van der Waals surface area contributed by atoms with Crippen LogP contribution in [0.25, 0.3) is 5.57 Å². The number of hydrogen-bond donors (Lipinski definition) is 3. The van der Waals surface area contributed by atoms with Gasteiger partial charge in [0.15, 0.2) is 5.75 Å². The maximum Gasteiger partial charge on any atom is 0.333 e. The van der Waals surface area contributed by atoms with Crippen LogP contribution in [-0.4, -0.2) is 60.4 Å². The molecule has 0 aliphatic carbocycles. The lowest BCUT2D eigenvalue weighted by Gasteiger charge is -2.38. The lowest BCUT2D eigenvalue weighted by Crippen LogP contribution is -2.58. The van der Waals surface area contributed by atoms with E-state index in [2.05, 4.69) is 20.5 Å². The van der Waals surface area contributed by atoms with Crippen molar-refractivity contribution in [3.8, 4) is 5.75 Å². The number of benzene rings is 1. The van der Waals surface area contributed by atoms with E-state index in [1.807, 2.05) is 31.2 Å². The highest BCUT2D eigenvalue weighted by Crippen LogP contribution is 2.36. The second-order valence-corrected chi connectivity index (χ2v) is 9.73. The Labute approximate surface area is 202 Å². The average molecular weight is 489 g/mol. The van der Waals surface area contributed by atoms with E-state index in [-0.39, 0.29) is 18.2 Å². The van der Waals surface area contributed by atoms with Crippen molar-refractivity contribution in [3.63, 3.8) is 0 Å². The normalized spacial score (nSPS) is 24.8. The summed E-state index contributed by atoms with van der Waals surface area (Å²) in [5.41, 5.74) is 3.18. The molecule has 3 atom stereocenters. The Hall–Kier alpha value is -2.32. The van der Waals surface area contributed by atoms with Gasteiger partial charge in [-0.15, -0.1) is 0 Å². The van der Waals surface area contributed by atoms with E-state index in [0.717, 1.165) is 42.0 Å². The minimum absolute atomic E-state index is 0.0400. The van der Waals surface area contributed by atoms with Crippen molar-refractivity contribution in [1.29, 1.82) is 0 Å². The summed E-state index contributed by atoms with van der Waals surface area (Å²) in [6, 6.07) is 7.70. The number of nitrogens with one attached hydrogen (secondary N) is 2. The summed E-state index contributed by atoms with van der Waals surface area (Å²) in [7, 11) is 0. The van der Waals surface area contributed by atoms with Gasteiger partial charge in [-0.2, -0.15) is 0 Å². The molecule has 0 unspecified atom stereocenters. The number of aryl methyl sites for hydroxylation is 1. The number of nitrogens with zero attached hydrogens (tertiary/aromatic N) is 2. The van der Waals surface area contributed by atoms with Crippen LogP contribution in [0.5, 0.6) is 5.75 Å². The van der Waals surface area contributed by atoms with Crippen LogP contribution in [0.4, 0.5) is 5.82 Å². The first-order chi connectivity index (χ1) is 15.9. The van der Waals surface area contributed by atoms with Gasteiger partial charge in [0.05, 0.1) is 28.2 Å². The van der Waals surface area contributed by atoms with Gasteiger partial charge in [-0.25, -0.2) is 9.78 Å². The predicted molar refractivity (Wildman–Crippen MR) is 129 cm³/mol. The fraction of sp³-hybridized carbons (Fsp3) is 0.417. The van der Waals surface area contributed by atoms with Gasteiger partial charge in [0.2, 0.25) is 0 Å². The largest absolute Gasteiger partial charge is 0.485 e. The number of carboxylic acid groups (broad SMARTS) is 1. The van der Waals surface area contributed by atoms with Gasteiger partial charge in [-0.05, 0) is 54.3 Å². The molecule has 174 valence electrons. The van der Waals surface area contributed by atoms with Crippen LogP contribution in [-0.2, 0) is 4.79 Å². The number of carbonyl (C=O) groups is 1. The molecule has 3 aliphatic rings. The molecule has 4 heterocycles. The number of hydrogen-bond acceptors (Lipinski definition) is 6. The van der Waals surface area contributed by atoms with E-state index in [0.29, 0.717) is 40.9 Å². The van der Waals surface area contributed by atoms with Crippen molar-refractivity contribution < 1.29 is 14.6 Å². The molecule has 3 aliphatic heterocycles.